The Morgan fingerprint density at radius 3 is 1.88 bits per heavy atom. The molecule has 4 nitrogen and oxygen atoms in total. The quantitative estimate of drug-likeness (QED) is 0.323. The van der Waals surface area contributed by atoms with Gasteiger partial charge in [0, 0.05) is 0 Å². The van der Waals surface area contributed by atoms with E-state index >= 15 is 0 Å². The largest absolute Gasteiger partial charge is 0.367 e. The van der Waals surface area contributed by atoms with Crippen molar-refractivity contribution in [2.24, 2.45) is 0 Å². The van der Waals surface area contributed by atoms with Crippen LogP contribution >= 0.6 is 0 Å². The normalized spacial score (nSPS) is 10.9. The summed E-state index contributed by atoms with van der Waals surface area (Å²) in [6.45, 7) is 5.28. The standard InChI is InChI=1S/C3H9NO3Si/c1-8(2,3)7-4(5)6/h1-3H3. The van der Waals surface area contributed by atoms with Gasteiger partial charge in [-0.25, -0.2) is 0 Å². The molecule has 0 unspecified atom stereocenters. The summed E-state index contributed by atoms with van der Waals surface area (Å²) < 4.78 is 4.30. The Morgan fingerprint density at radius 2 is 1.88 bits per heavy atom. The van der Waals surface area contributed by atoms with E-state index in [4.69, 9.17) is 0 Å². The van der Waals surface area contributed by atoms with Crippen molar-refractivity contribution in [1.29, 1.82) is 0 Å². The lowest BCUT2D eigenvalue weighted by molar-refractivity contribution is -0.721. The van der Waals surface area contributed by atoms with Gasteiger partial charge in [-0.2, -0.15) is 0 Å². The van der Waals surface area contributed by atoms with Crippen LogP contribution in [0.25, 0.3) is 0 Å². The van der Waals surface area contributed by atoms with Crippen molar-refractivity contribution in [2.75, 3.05) is 0 Å². The maximum absolute atomic E-state index is 9.63. The molecule has 0 amide bonds. The molecular weight excluding hydrogens is 126 g/mol. The molecular formula is C3H9NO3Si. The third-order valence-electron chi connectivity index (χ3n) is 0.348. The number of hydrogen-bond donors (Lipinski definition) is 0. The fraction of sp³-hybridized carbons (Fsp3) is 1.00. The van der Waals surface area contributed by atoms with Crippen LogP contribution in [0.15, 0.2) is 0 Å². The van der Waals surface area contributed by atoms with E-state index in [1.165, 1.54) is 0 Å². The van der Waals surface area contributed by atoms with Crippen LogP contribution in [0.5, 0.6) is 0 Å². The van der Waals surface area contributed by atoms with Gasteiger partial charge in [0.15, 0.2) is 0 Å². The van der Waals surface area contributed by atoms with E-state index in [-0.39, 0.29) is 0 Å². The molecule has 0 N–H and O–H groups in total. The van der Waals surface area contributed by atoms with Crippen molar-refractivity contribution < 1.29 is 9.61 Å². The fourth-order valence-corrected chi connectivity index (χ4v) is 0.671. The van der Waals surface area contributed by atoms with Crippen molar-refractivity contribution in [1.82, 2.24) is 0 Å². The second-order valence-corrected chi connectivity index (χ2v) is 6.83. The second kappa shape index (κ2) is 2.12. The van der Waals surface area contributed by atoms with E-state index < -0.39 is 13.4 Å². The lowest BCUT2D eigenvalue weighted by Gasteiger charge is -2.10. The lowest BCUT2D eigenvalue weighted by atomic mass is 11.8. The van der Waals surface area contributed by atoms with Gasteiger partial charge in [0.1, 0.15) is 0 Å². The topological polar surface area (TPSA) is 52.4 Å². The van der Waals surface area contributed by atoms with Gasteiger partial charge in [0.25, 0.3) is 5.09 Å². The third-order valence-corrected chi connectivity index (χ3v) is 1.05. The van der Waals surface area contributed by atoms with E-state index in [2.05, 4.69) is 4.53 Å². The predicted molar refractivity (Wildman–Crippen MR) is 31.4 cm³/mol. The van der Waals surface area contributed by atoms with Crippen LogP contribution in [0.4, 0.5) is 0 Å². The molecule has 0 saturated heterocycles. The average Bonchev–Trinajstić information content (AvgIpc) is 1.21. The molecule has 0 aliphatic carbocycles. The SMILES string of the molecule is C[Si](C)(C)O[N+](=O)[O-]. The summed E-state index contributed by atoms with van der Waals surface area (Å²) in [5.74, 6) is 0. The molecule has 0 aliphatic rings. The molecule has 0 atom stereocenters. The smallest absolute Gasteiger partial charge is 0.284 e. The van der Waals surface area contributed by atoms with Crippen LogP contribution in [-0.2, 0) is 4.53 Å². The first-order valence-corrected chi connectivity index (χ1v) is 5.66. The molecule has 0 rings (SSSR count). The van der Waals surface area contributed by atoms with Gasteiger partial charge in [-0.1, -0.05) is 0 Å². The highest BCUT2D eigenvalue weighted by Gasteiger charge is 2.18. The Balaban J connectivity index is 3.55. The van der Waals surface area contributed by atoms with E-state index in [9.17, 15) is 10.1 Å². The summed E-state index contributed by atoms with van der Waals surface area (Å²) in [6.07, 6.45) is 0. The first-order chi connectivity index (χ1) is 3.42. The van der Waals surface area contributed by atoms with E-state index in [0.29, 0.717) is 0 Å². The Kier molecular flexibility index (Phi) is 1.97. The highest BCUT2D eigenvalue weighted by molar-refractivity contribution is 6.69. The predicted octanol–water partition coefficient (Wildman–Crippen LogP) is 1.03. The minimum atomic E-state index is -1.92. The number of rotatable bonds is 2. The average molecular weight is 135 g/mol. The van der Waals surface area contributed by atoms with Crippen molar-refractivity contribution in [2.45, 2.75) is 19.6 Å². The van der Waals surface area contributed by atoms with Crippen LogP contribution in [-0.4, -0.2) is 13.4 Å². The number of hydrogen-bond acceptors (Lipinski definition) is 3. The Morgan fingerprint density at radius 1 is 1.50 bits per heavy atom. The summed E-state index contributed by atoms with van der Waals surface area (Å²) in [4.78, 5) is 9.63. The maximum atomic E-state index is 9.63. The molecule has 0 bridgehead atoms. The molecule has 48 valence electrons. The lowest BCUT2D eigenvalue weighted by Crippen LogP contribution is -2.28. The summed E-state index contributed by atoms with van der Waals surface area (Å²) >= 11 is 0. The van der Waals surface area contributed by atoms with Crippen LogP contribution in [0.2, 0.25) is 19.6 Å². The van der Waals surface area contributed by atoms with Gasteiger partial charge in [-0.05, 0) is 19.6 Å². The summed E-state index contributed by atoms with van der Waals surface area (Å²) in [5, 5.41) is 8.90. The van der Waals surface area contributed by atoms with Crippen molar-refractivity contribution in [3.05, 3.63) is 10.1 Å². The zero-order valence-corrected chi connectivity index (χ0v) is 6.17. The monoisotopic (exact) mass is 135 g/mol. The molecule has 0 heterocycles. The number of nitrogens with zero attached hydrogens (tertiary/aromatic N) is 1. The van der Waals surface area contributed by atoms with Gasteiger partial charge in [-0.15, -0.1) is 10.1 Å². The molecule has 0 aromatic rings. The Hall–Kier alpha value is -0.583. The first kappa shape index (κ1) is 7.42. The minimum Gasteiger partial charge on any atom is -0.367 e. The molecule has 0 aromatic carbocycles. The van der Waals surface area contributed by atoms with Gasteiger partial charge in [-0.3, -0.25) is 0 Å². The molecule has 8 heavy (non-hydrogen) atoms. The summed E-state index contributed by atoms with van der Waals surface area (Å²) in [5.41, 5.74) is 0. The van der Waals surface area contributed by atoms with Crippen molar-refractivity contribution in [3.63, 3.8) is 0 Å². The molecule has 5 heteroatoms. The highest BCUT2D eigenvalue weighted by atomic mass is 28.4. The minimum absolute atomic E-state index is 0.730. The Bertz CT molecular complexity index is 97.2. The molecule has 0 fully saturated rings. The zero-order valence-electron chi connectivity index (χ0n) is 5.17. The van der Waals surface area contributed by atoms with Crippen molar-refractivity contribution in [3.8, 4) is 0 Å². The van der Waals surface area contributed by atoms with Crippen LogP contribution in [0.3, 0.4) is 0 Å². The zero-order chi connectivity index (χ0) is 6.78. The van der Waals surface area contributed by atoms with Crippen LogP contribution < -0.4 is 0 Å². The summed E-state index contributed by atoms with van der Waals surface area (Å²) in [7, 11) is -1.92. The first-order valence-electron chi connectivity index (χ1n) is 2.25. The maximum Gasteiger partial charge on any atom is 0.284 e. The molecule has 0 spiro atoms. The van der Waals surface area contributed by atoms with Crippen molar-refractivity contribution >= 4 is 8.32 Å². The van der Waals surface area contributed by atoms with E-state index in [1.54, 1.807) is 19.6 Å². The highest BCUT2D eigenvalue weighted by Crippen LogP contribution is 2.00. The van der Waals surface area contributed by atoms with E-state index in [1.807, 2.05) is 0 Å². The summed E-state index contributed by atoms with van der Waals surface area (Å²) in [6, 6.07) is 0. The van der Waals surface area contributed by atoms with E-state index in [0.717, 1.165) is 0 Å². The van der Waals surface area contributed by atoms with Gasteiger partial charge in [0.05, 0.1) is 0 Å². The third kappa shape index (κ3) is 5.42. The van der Waals surface area contributed by atoms with Gasteiger partial charge < -0.3 is 4.53 Å². The van der Waals surface area contributed by atoms with Gasteiger partial charge in [0.2, 0.25) is 8.32 Å². The molecule has 0 radical (unpaired) electrons. The molecule has 0 aromatic heterocycles. The van der Waals surface area contributed by atoms with Gasteiger partial charge >= 0.3 is 0 Å². The fourth-order valence-electron chi connectivity index (χ4n) is 0.224. The van der Waals surface area contributed by atoms with Crippen LogP contribution in [0, 0.1) is 10.1 Å². The molecule has 0 saturated carbocycles. The Labute approximate surface area is 48.7 Å². The van der Waals surface area contributed by atoms with Crippen LogP contribution in [0.1, 0.15) is 0 Å². The second-order valence-electron chi connectivity index (χ2n) is 2.43. The molecule has 0 aliphatic heterocycles.